The van der Waals surface area contributed by atoms with Crippen molar-refractivity contribution in [3.8, 4) is 0 Å². The lowest BCUT2D eigenvalue weighted by Gasteiger charge is -2.33. The minimum atomic E-state index is -3.83. The number of carbonyl (C=O) groups is 2. The molecule has 1 aliphatic rings. The first-order chi connectivity index (χ1) is 15.0. The van der Waals surface area contributed by atoms with E-state index in [0.717, 1.165) is 10.9 Å². The molecule has 10 nitrogen and oxygen atoms in total. The number of sulfonamides is 1. The number of aromatic nitrogens is 2. The number of aryl methyl sites for hydroxylation is 1. The summed E-state index contributed by atoms with van der Waals surface area (Å²) in [5, 5.41) is 6.06. The number of anilines is 1. The number of nitrogens with one attached hydrogen (secondary N) is 1. The molecule has 1 fully saturated rings. The van der Waals surface area contributed by atoms with E-state index < -0.39 is 28.0 Å². The standard InChI is InChI=1S/C19H21Cl2N5O5S/c1-12-3-4-14(23-17(28)11-26-19(29)18(21)15(20)10-22-26)9-16(12)32(30,31)25-7-5-24(6-8-25)13(2)27/h3-4,9-10H,5-8,11H2,1-2H3,(H,23,28). The topological polar surface area (TPSA) is 122 Å². The summed E-state index contributed by atoms with van der Waals surface area (Å²) < 4.78 is 28.5. The first kappa shape index (κ1) is 24.2. The van der Waals surface area contributed by atoms with Crippen molar-refractivity contribution in [2.45, 2.75) is 25.3 Å². The maximum absolute atomic E-state index is 13.2. The molecule has 0 unspecified atom stereocenters. The van der Waals surface area contributed by atoms with Gasteiger partial charge in [-0.05, 0) is 24.6 Å². The Balaban J connectivity index is 1.77. The molecule has 172 valence electrons. The van der Waals surface area contributed by atoms with Gasteiger partial charge in [-0.25, -0.2) is 13.1 Å². The number of carbonyl (C=O) groups excluding carboxylic acids is 2. The zero-order valence-corrected chi connectivity index (χ0v) is 19.7. The predicted molar refractivity (Wildman–Crippen MR) is 119 cm³/mol. The van der Waals surface area contributed by atoms with E-state index in [1.54, 1.807) is 24.0 Å². The summed E-state index contributed by atoms with van der Waals surface area (Å²) in [5.41, 5.74) is 0.0419. The largest absolute Gasteiger partial charge is 0.340 e. The Morgan fingerprint density at radius 1 is 1.16 bits per heavy atom. The van der Waals surface area contributed by atoms with E-state index in [1.807, 2.05) is 0 Å². The highest BCUT2D eigenvalue weighted by Gasteiger charge is 2.30. The number of rotatable bonds is 5. The van der Waals surface area contributed by atoms with E-state index in [1.165, 1.54) is 17.3 Å². The quantitative estimate of drug-likeness (QED) is 0.659. The number of benzene rings is 1. The molecule has 0 atom stereocenters. The van der Waals surface area contributed by atoms with Gasteiger partial charge >= 0.3 is 0 Å². The Bertz CT molecular complexity index is 1220. The third kappa shape index (κ3) is 5.12. The van der Waals surface area contributed by atoms with E-state index in [2.05, 4.69) is 10.4 Å². The molecule has 0 spiro atoms. The van der Waals surface area contributed by atoms with Gasteiger partial charge in [-0.1, -0.05) is 29.3 Å². The third-order valence-corrected chi connectivity index (χ3v) is 7.80. The van der Waals surface area contributed by atoms with Crippen molar-refractivity contribution >= 4 is 50.7 Å². The molecule has 0 aliphatic carbocycles. The molecule has 3 rings (SSSR count). The van der Waals surface area contributed by atoms with Crippen LogP contribution in [0.4, 0.5) is 5.69 Å². The normalized spacial score (nSPS) is 14.9. The van der Waals surface area contributed by atoms with Crippen LogP contribution in [0.25, 0.3) is 0 Å². The molecule has 0 radical (unpaired) electrons. The Labute approximate surface area is 194 Å². The summed E-state index contributed by atoms with van der Waals surface area (Å²) in [6.45, 7) is 3.67. The van der Waals surface area contributed by atoms with E-state index in [4.69, 9.17) is 23.2 Å². The lowest BCUT2D eigenvalue weighted by Crippen LogP contribution is -2.50. The van der Waals surface area contributed by atoms with Gasteiger partial charge in [-0.3, -0.25) is 14.4 Å². The fourth-order valence-electron chi connectivity index (χ4n) is 3.23. The van der Waals surface area contributed by atoms with Gasteiger partial charge < -0.3 is 10.2 Å². The number of halogens is 2. The van der Waals surface area contributed by atoms with Crippen molar-refractivity contribution in [1.82, 2.24) is 19.0 Å². The van der Waals surface area contributed by atoms with Crippen LogP contribution in [0.15, 0.2) is 34.1 Å². The Morgan fingerprint density at radius 3 is 2.44 bits per heavy atom. The number of piperazine rings is 1. The molecule has 2 heterocycles. The predicted octanol–water partition coefficient (Wildman–Crippen LogP) is 1.35. The smallest absolute Gasteiger partial charge is 0.287 e. The maximum atomic E-state index is 13.2. The third-order valence-electron chi connectivity index (χ3n) is 5.01. The maximum Gasteiger partial charge on any atom is 0.287 e. The molecule has 1 aliphatic heterocycles. The minimum absolute atomic E-state index is 0.0224. The van der Waals surface area contributed by atoms with Crippen LogP contribution < -0.4 is 10.9 Å². The number of nitrogens with zero attached hydrogens (tertiary/aromatic N) is 4. The average molecular weight is 502 g/mol. The average Bonchev–Trinajstić information content (AvgIpc) is 2.75. The highest BCUT2D eigenvalue weighted by molar-refractivity contribution is 7.89. The summed E-state index contributed by atoms with van der Waals surface area (Å²) >= 11 is 11.5. The van der Waals surface area contributed by atoms with Crippen LogP contribution in [0.2, 0.25) is 10.0 Å². The SMILES string of the molecule is CC(=O)N1CCN(S(=O)(=O)c2cc(NC(=O)Cn3ncc(Cl)c(Cl)c3=O)ccc2C)CC1. The fraction of sp³-hybridized carbons (Fsp3) is 0.368. The molecule has 0 saturated carbocycles. The molecule has 1 saturated heterocycles. The van der Waals surface area contributed by atoms with Gasteiger partial charge in [0.25, 0.3) is 5.56 Å². The van der Waals surface area contributed by atoms with Crippen molar-refractivity contribution < 1.29 is 18.0 Å². The van der Waals surface area contributed by atoms with Gasteiger partial charge in [-0.2, -0.15) is 9.40 Å². The number of hydrogen-bond donors (Lipinski definition) is 1. The monoisotopic (exact) mass is 501 g/mol. The lowest BCUT2D eigenvalue weighted by molar-refractivity contribution is -0.130. The Hall–Kier alpha value is -2.47. The van der Waals surface area contributed by atoms with Crippen LogP contribution in [0.1, 0.15) is 12.5 Å². The minimum Gasteiger partial charge on any atom is -0.340 e. The number of hydrogen-bond acceptors (Lipinski definition) is 6. The van der Waals surface area contributed by atoms with Gasteiger partial charge in [0.2, 0.25) is 21.8 Å². The molecular formula is C19H21Cl2N5O5S. The van der Waals surface area contributed by atoms with Crippen LogP contribution in [-0.2, 0) is 26.2 Å². The molecule has 32 heavy (non-hydrogen) atoms. The van der Waals surface area contributed by atoms with Crippen LogP contribution in [0, 0.1) is 6.92 Å². The molecule has 13 heteroatoms. The van der Waals surface area contributed by atoms with E-state index in [0.29, 0.717) is 18.7 Å². The summed E-state index contributed by atoms with van der Waals surface area (Å²) in [7, 11) is -3.83. The Kier molecular flexibility index (Phi) is 7.23. The van der Waals surface area contributed by atoms with Crippen molar-refractivity contribution in [3.05, 3.63) is 50.4 Å². The molecule has 0 bridgehead atoms. The molecule has 1 N–H and O–H groups in total. The van der Waals surface area contributed by atoms with Crippen LogP contribution in [-0.4, -0.2) is 65.4 Å². The first-order valence-electron chi connectivity index (χ1n) is 9.58. The lowest BCUT2D eigenvalue weighted by atomic mass is 10.2. The summed E-state index contributed by atoms with van der Waals surface area (Å²) in [6.07, 6.45) is 1.15. The molecule has 2 amide bonds. The van der Waals surface area contributed by atoms with Crippen LogP contribution >= 0.6 is 23.2 Å². The molecule has 2 aromatic rings. The zero-order chi connectivity index (χ0) is 23.6. The van der Waals surface area contributed by atoms with Crippen molar-refractivity contribution in [3.63, 3.8) is 0 Å². The summed E-state index contributed by atoms with van der Waals surface area (Å²) in [6, 6.07) is 4.51. The van der Waals surface area contributed by atoms with Gasteiger partial charge in [0.15, 0.2) is 0 Å². The molecular weight excluding hydrogens is 481 g/mol. The van der Waals surface area contributed by atoms with Crippen molar-refractivity contribution in [1.29, 1.82) is 0 Å². The fourth-order valence-corrected chi connectivity index (χ4v) is 5.18. The molecule has 1 aromatic carbocycles. The Morgan fingerprint density at radius 2 is 1.81 bits per heavy atom. The van der Waals surface area contributed by atoms with Crippen molar-refractivity contribution in [2.24, 2.45) is 0 Å². The van der Waals surface area contributed by atoms with Crippen LogP contribution in [0.5, 0.6) is 0 Å². The summed E-state index contributed by atoms with van der Waals surface area (Å²) in [5.74, 6) is -0.696. The zero-order valence-electron chi connectivity index (χ0n) is 17.3. The summed E-state index contributed by atoms with van der Waals surface area (Å²) in [4.78, 5) is 37.6. The van der Waals surface area contributed by atoms with E-state index in [9.17, 15) is 22.8 Å². The highest BCUT2D eigenvalue weighted by Crippen LogP contribution is 2.25. The van der Waals surface area contributed by atoms with Crippen molar-refractivity contribution in [2.75, 3.05) is 31.5 Å². The van der Waals surface area contributed by atoms with Crippen LogP contribution in [0.3, 0.4) is 0 Å². The van der Waals surface area contributed by atoms with Gasteiger partial charge in [0.1, 0.15) is 11.6 Å². The second-order valence-electron chi connectivity index (χ2n) is 7.21. The first-order valence-corrected chi connectivity index (χ1v) is 11.8. The second-order valence-corrected chi connectivity index (χ2v) is 9.90. The van der Waals surface area contributed by atoms with Gasteiger partial charge in [0.05, 0.1) is 16.1 Å². The molecule has 1 aromatic heterocycles. The second kappa shape index (κ2) is 9.57. The van der Waals surface area contributed by atoms with Gasteiger partial charge in [-0.15, -0.1) is 0 Å². The highest BCUT2D eigenvalue weighted by atomic mass is 35.5. The number of amides is 2. The van der Waals surface area contributed by atoms with Gasteiger partial charge in [0, 0.05) is 38.8 Å². The van der Waals surface area contributed by atoms with E-state index in [-0.39, 0.29) is 39.6 Å². The van der Waals surface area contributed by atoms with E-state index >= 15 is 0 Å².